The molecule has 1 amide bonds. The molecule has 0 aromatic rings. The molecule has 1 fully saturated rings. The van der Waals surface area contributed by atoms with Gasteiger partial charge in [0.05, 0.1) is 13.2 Å². The summed E-state index contributed by atoms with van der Waals surface area (Å²) in [5.41, 5.74) is 0. The van der Waals surface area contributed by atoms with Crippen LogP contribution in [0.3, 0.4) is 0 Å². The lowest BCUT2D eigenvalue weighted by atomic mass is 10.3. The van der Waals surface area contributed by atoms with Gasteiger partial charge < -0.3 is 25.4 Å². The van der Waals surface area contributed by atoms with Gasteiger partial charge in [0.1, 0.15) is 0 Å². The molecule has 0 heterocycles. The highest BCUT2D eigenvalue weighted by molar-refractivity contribution is 14.0. The number of rotatable bonds is 12. The Bertz CT molecular complexity index is 339. The second kappa shape index (κ2) is 14.9. The Morgan fingerprint density at radius 1 is 1.13 bits per heavy atom. The maximum Gasteiger partial charge on any atom is 0.220 e. The van der Waals surface area contributed by atoms with E-state index in [0.717, 1.165) is 44.7 Å². The minimum absolute atomic E-state index is 0. The highest BCUT2D eigenvalue weighted by Gasteiger charge is 2.22. The number of nitrogens with one attached hydrogen (secondary N) is 3. The molecule has 0 spiro atoms. The normalized spacial score (nSPS) is 14.1. The molecule has 1 saturated carbocycles. The van der Waals surface area contributed by atoms with E-state index in [1.54, 1.807) is 14.2 Å². The molecular weight excluding hydrogens is 411 g/mol. The molecule has 3 N–H and O–H groups in total. The van der Waals surface area contributed by atoms with E-state index in [2.05, 4.69) is 20.9 Å². The van der Waals surface area contributed by atoms with Gasteiger partial charge in [0.25, 0.3) is 0 Å². The number of hydrogen-bond acceptors (Lipinski definition) is 4. The summed E-state index contributed by atoms with van der Waals surface area (Å²) in [6, 6.07) is 0.445. The number of carbonyl (C=O) groups is 1. The Hall–Kier alpha value is -0.610. The third-order valence-corrected chi connectivity index (χ3v) is 3.23. The van der Waals surface area contributed by atoms with E-state index in [0.29, 0.717) is 32.3 Å². The molecule has 0 aliphatic heterocycles. The van der Waals surface area contributed by atoms with Gasteiger partial charge in [0.2, 0.25) is 5.91 Å². The Labute approximate surface area is 156 Å². The van der Waals surface area contributed by atoms with Crippen LogP contribution >= 0.6 is 24.0 Å². The Kier molecular flexibility index (Phi) is 14.6. The lowest BCUT2D eigenvalue weighted by Gasteiger charge is -2.12. The van der Waals surface area contributed by atoms with E-state index in [1.807, 2.05) is 0 Å². The summed E-state index contributed by atoms with van der Waals surface area (Å²) in [4.78, 5) is 15.7. The van der Waals surface area contributed by atoms with Crippen LogP contribution in [-0.4, -0.2) is 65.0 Å². The zero-order chi connectivity index (χ0) is 16.0. The van der Waals surface area contributed by atoms with Crippen molar-refractivity contribution in [2.75, 3.05) is 47.1 Å². The van der Waals surface area contributed by atoms with Crippen molar-refractivity contribution in [3.8, 4) is 0 Å². The Morgan fingerprint density at radius 2 is 1.83 bits per heavy atom. The summed E-state index contributed by atoms with van der Waals surface area (Å²) in [7, 11) is 3.40. The SMILES string of the molecule is CN=C(NCCCOCCOC)NCCCC(=O)NC1CC1.I. The lowest BCUT2D eigenvalue weighted by Crippen LogP contribution is -2.38. The zero-order valence-corrected chi connectivity index (χ0v) is 16.6. The summed E-state index contributed by atoms with van der Waals surface area (Å²) < 4.78 is 10.3. The van der Waals surface area contributed by atoms with Gasteiger partial charge in [-0.15, -0.1) is 24.0 Å². The van der Waals surface area contributed by atoms with Crippen LogP contribution in [0, 0.1) is 0 Å². The maximum absolute atomic E-state index is 11.5. The highest BCUT2D eigenvalue weighted by Crippen LogP contribution is 2.18. The average molecular weight is 442 g/mol. The molecule has 1 aliphatic rings. The van der Waals surface area contributed by atoms with Crippen LogP contribution in [-0.2, 0) is 14.3 Å². The van der Waals surface area contributed by atoms with Crippen molar-refractivity contribution in [1.82, 2.24) is 16.0 Å². The standard InChI is InChI=1S/C15H30N4O3.HI/c1-16-15(18-9-4-10-22-12-11-21-2)17-8-3-5-14(20)19-13-6-7-13;/h13H,3-12H2,1-2H3,(H,19,20)(H2,16,17,18);1H. The van der Waals surface area contributed by atoms with Crippen LogP contribution in [0.1, 0.15) is 32.1 Å². The van der Waals surface area contributed by atoms with E-state index in [1.165, 1.54) is 0 Å². The minimum Gasteiger partial charge on any atom is -0.382 e. The van der Waals surface area contributed by atoms with Gasteiger partial charge in [-0.05, 0) is 25.7 Å². The van der Waals surface area contributed by atoms with Gasteiger partial charge in [-0.25, -0.2) is 0 Å². The first-order valence-corrected chi connectivity index (χ1v) is 8.07. The molecule has 8 heteroatoms. The van der Waals surface area contributed by atoms with Crippen LogP contribution < -0.4 is 16.0 Å². The number of hydrogen-bond donors (Lipinski definition) is 3. The number of nitrogens with zero attached hydrogens (tertiary/aromatic N) is 1. The smallest absolute Gasteiger partial charge is 0.220 e. The van der Waals surface area contributed by atoms with Gasteiger partial charge >= 0.3 is 0 Å². The predicted octanol–water partition coefficient (Wildman–Crippen LogP) is 0.881. The quantitative estimate of drug-likeness (QED) is 0.181. The van der Waals surface area contributed by atoms with Gasteiger partial charge in [-0.1, -0.05) is 0 Å². The van der Waals surface area contributed by atoms with E-state index in [4.69, 9.17) is 9.47 Å². The molecule has 0 radical (unpaired) electrons. The summed E-state index contributed by atoms with van der Waals surface area (Å²) in [5.74, 6) is 0.917. The second-order valence-electron chi connectivity index (χ2n) is 5.33. The molecule has 1 aliphatic carbocycles. The molecule has 7 nitrogen and oxygen atoms in total. The molecule has 0 bridgehead atoms. The molecule has 0 aromatic heterocycles. The monoisotopic (exact) mass is 442 g/mol. The number of methoxy groups -OCH3 is 1. The van der Waals surface area contributed by atoms with E-state index in [-0.39, 0.29) is 29.9 Å². The first-order chi connectivity index (χ1) is 10.8. The molecule has 0 saturated heterocycles. The van der Waals surface area contributed by atoms with Gasteiger partial charge in [0.15, 0.2) is 5.96 Å². The predicted molar refractivity (Wildman–Crippen MR) is 102 cm³/mol. The third kappa shape index (κ3) is 13.5. The van der Waals surface area contributed by atoms with Crippen molar-refractivity contribution in [2.45, 2.75) is 38.1 Å². The fourth-order valence-electron chi connectivity index (χ4n) is 1.83. The van der Waals surface area contributed by atoms with Crippen molar-refractivity contribution in [3.63, 3.8) is 0 Å². The van der Waals surface area contributed by atoms with E-state index < -0.39 is 0 Å². The molecule has 0 aromatic carbocycles. The number of halogens is 1. The number of aliphatic imine (C=N–C) groups is 1. The van der Waals surface area contributed by atoms with Gasteiger partial charge in [-0.2, -0.15) is 0 Å². The number of ether oxygens (including phenoxy) is 2. The van der Waals surface area contributed by atoms with Gasteiger partial charge in [0, 0.05) is 46.3 Å². The fourth-order valence-corrected chi connectivity index (χ4v) is 1.83. The minimum atomic E-state index is 0. The first kappa shape index (κ1) is 22.4. The maximum atomic E-state index is 11.5. The topological polar surface area (TPSA) is 84.0 Å². The average Bonchev–Trinajstić information content (AvgIpc) is 3.32. The number of carbonyl (C=O) groups excluding carboxylic acids is 1. The Morgan fingerprint density at radius 3 is 2.43 bits per heavy atom. The fraction of sp³-hybridized carbons (Fsp3) is 0.867. The van der Waals surface area contributed by atoms with Crippen LogP contribution in [0.15, 0.2) is 4.99 Å². The van der Waals surface area contributed by atoms with E-state index in [9.17, 15) is 4.79 Å². The van der Waals surface area contributed by atoms with Crippen molar-refractivity contribution >= 4 is 35.8 Å². The summed E-state index contributed by atoms with van der Waals surface area (Å²) in [5, 5.41) is 9.40. The summed E-state index contributed by atoms with van der Waals surface area (Å²) in [6.45, 7) is 3.50. The lowest BCUT2D eigenvalue weighted by molar-refractivity contribution is -0.121. The van der Waals surface area contributed by atoms with Crippen molar-refractivity contribution in [1.29, 1.82) is 0 Å². The van der Waals surface area contributed by atoms with Crippen molar-refractivity contribution in [3.05, 3.63) is 0 Å². The second-order valence-corrected chi connectivity index (χ2v) is 5.33. The molecule has 1 rings (SSSR count). The van der Waals surface area contributed by atoms with Crippen molar-refractivity contribution in [2.24, 2.45) is 4.99 Å². The highest BCUT2D eigenvalue weighted by atomic mass is 127. The molecule has 0 atom stereocenters. The summed E-state index contributed by atoms with van der Waals surface area (Å²) in [6.07, 6.45) is 4.55. The largest absolute Gasteiger partial charge is 0.382 e. The molecular formula is C15H31IN4O3. The number of guanidine groups is 1. The van der Waals surface area contributed by atoms with Gasteiger partial charge in [-0.3, -0.25) is 9.79 Å². The molecule has 23 heavy (non-hydrogen) atoms. The summed E-state index contributed by atoms with van der Waals surface area (Å²) >= 11 is 0. The first-order valence-electron chi connectivity index (χ1n) is 8.07. The van der Waals surface area contributed by atoms with Crippen LogP contribution in [0.2, 0.25) is 0 Å². The third-order valence-electron chi connectivity index (χ3n) is 3.23. The van der Waals surface area contributed by atoms with E-state index >= 15 is 0 Å². The molecule has 0 unspecified atom stereocenters. The molecule has 136 valence electrons. The number of amides is 1. The van der Waals surface area contributed by atoms with Crippen molar-refractivity contribution < 1.29 is 14.3 Å². The van der Waals surface area contributed by atoms with Crippen LogP contribution in [0.5, 0.6) is 0 Å². The Balaban J connectivity index is 0.00000484. The van der Waals surface area contributed by atoms with Crippen LogP contribution in [0.4, 0.5) is 0 Å². The zero-order valence-electron chi connectivity index (χ0n) is 14.2. The van der Waals surface area contributed by atoms with Crippen LogP contribution in [0.25, 0.3) is 0 Å².